The maximum absolute atomic E-state index is 11.3. The van der Waals surface area contributed by atoms with E-state index < -0.39 is 12.0 Å². The number of nitrogens with zero attached hydrogens (tertiary/aromatic N) is 1. The van der Waals surface area contributed by atoms with Gasteiger partial charge in [0, 0.05) is 6.04 Å². The van der Waals surface area contributed by atoms with E-state index in [1.54, 1.807) is 0 Å². The average Bonchev–Trinajstić information content (AvgIpc) is 2.97. The molecule has 1 fully saturated rings. The summed E-state index contributed by atoms with van der Waals surface area (Å²) in [5.74, 6) is -0.150. The van der Waals surface area contributed by atoms with Gasteiger partial charge in [0.15, 0.2) is 0 Å². The molecular formula is C13H18ClNO2. The van der Waals surface area contributed by atoms with E-state index in [9.17, 15) is 9.90 Å². The number of hydrogen-bond acceptors (Lipinski definition) is 2. The van der Waals surface area contributed by atoms with Gasteiger partial charge in [0.05, 0.1) is 0 Å². The van der Waals surface area contributed by atoms with Crippen molar-refractivity contribution in [2.24, 2.45) is 5.92 Å². The predicted molar refractivity (Wildman–Crippen MR) is 69.4 cm³/mol. The van der Waals surface area contributed by atoms with Crippen molar-refractivity contribution in [3.8, 4) is 0 Å². The second kappa shape index (κ2) is 5.52. The summed E-state index contributed by atoms with van der Waals surface area (Å²) in [4.78, 5) is 13.3. The molecule has 1 aromatic carbocycles. The Morgan fingerprint density at radius 3 is 2.35 bits per heavy atom. The van der Waals surface area contributed by atoms with Crippen LogP contribution in [0.2, 0.25) is 0 Å². The molecule has 1 N–H and O–H groups in total. The fraction of sp³-hybridized carbons (Fsp3) is 0.462. The molecule has 0 heterocycles. The Bertz CT molecular complexity index is 382. The lowest BCUT2D eigenvalue weighted by Gasteiger charge is -2.25. The molecule has 0 saturated heterocycles. The highest BCUT2D eigenvalue weighted by molar-refractivity contribution is 5.85. The number of carboxylic acid groups (broad SMARTS) is 1. The Labute approximate surface area is 108 Å². The quantitative estimate of drug-likeness (QED) is 0.899. The number of likely N-dealkylation sites (N-methyl/N-ethyl adjacent to an activating group) is 1. The third-order valence-corrected chi connectivity index (χ3v) is 3.35. The molecule has 94 valence electrons. The van der Waals surface area contributed by atoms with Crippen LogP contribution in [0.4, 0.5) is 0 Å². The zero-order valence-electron chi connectivity index (χ0n) is 10.0. The van der Waals surface area contributed by atoms with Crippen molar-refractivity contribution >= 4 is 18.4 Å². The minimum Gasteiger partial charge on any atom is -0.480 e. The lowest BCUT2D eigenvalue weighted by molar-refractivity contribution is -0.143. The number of benzene rings is 1. The molecule has 1 aliphatic carbocycles. The van der Waals surface area contributed by atoms with Crippen LogP contribution in [0.1, 0.15) is 24.9 Å². The average molecular weight is 256 g/mol. The second-order valence-electron chi connectivity index (χ2n) is 4.60. The Morgan fingerprint density at radius 2 is 1.94 bits per heavy atom. The van der Waals surface area contributed by atoms with Gasteiger partial charge in [-0.2, -0.15) is 0 Å². The first-order valence-corrected chi connectivity index (χ1v) is 5.61. The summed E-state index contributed by atoms with van der Waals surface area (Å²) in [6, 6.07) is 9.33. The summed E-state index contributed by atoms with van der Waals surface area (Å²) in [5.41, 5.74) is 0.858. The lowest BCUT2D eigenvalue weighted by atomic mass is 10.1. The van der Waals surface area contributed by atoms with Gasteiger partial charge in [-0.05, 0) is 24.9 Å². The van der Waals surface area contributed by atoms with Crippen molar-refractivity contribution < 1.29 is 9.90 Å². The van der Waals surface area contributed by atoms with Crippen molar-refractivity contribution in [3.63, 3.8) is 0 Å². The van der Waals surface area contributed by atoms with Gasteiger partial charge in [-0.25, -0.2) is 0 Å². The molecule has 4 heteroatoms. The van der Waals surface area contributed by atoms with Crippen LogP contribution in [0.15, 0.2) is 30.3 Å². The van der Waals surface area contributed by atoms with E-state index in [-0.39, 0.29) is 12.4 Å². The molecule has 0 amide bonds. The number of carbonyl (C=O) groups is 1. The third kappa shape index (κ3) is 2.99. The second-order valence-corrected chi connectivity index (χ2v) is 4.60. The Morgan fingerprint density at radius 1 is 1.41 bits per heavy atom. The van der Waals surface area contributed by atoms with Crippen molar-refractivity contribution in [1.82, 2.24) is 4.90 Å². The summed E-state index contributed by atoms with van der Waals surface area (Å²) in [7, 11) is 1.90. The van der Waals surface area contributed by atoms with Gasteiger partial charge >= 0.3 is 5.97 Å². The van der Waals surface area contributed by atoms with Crippen LogP contribution < -0.4 is 0 Å². The number of hydrogen-bond donors (Lipinski definition) is 1. The molecule has 0 aromatic heterocycles. The highest BCUT2D eigenvalue weighted by atomic mass is 35.5. The van der Waals surface area contributed by atoms with Gasteiger partial charge in [0.1, 0.15) is 6.04 Å². The Hall–Kier alpha value is -1.06. The van der Waals surface area contributed by atoms with Gasteiger partial charge in [-0.1, -0.05) is 37.3 Å². The van der Waals surface area contributed by atoms with Crippen LogP contribution in [0.3, 0.4) is 0 Å². The fourth-order valence-corrected chi connectivity index (χ4v) is 2.25. The molecule has 3 unspecified atom stereocenters. The molecule has 1 saturated carbocycles. The molecule has 0 spiro atoms. The maximum Gasteiger partial charge on any atom is 0.325 e. The molecule has 2 rings (SSSR count). The van der Waals surface area contributed by atoms with Crippen LogP contribution in [0, 0.1) is 5.92 Å². The summed E-state index contributed by atoms with van der Waals surface area (Å²) in [6.07, 6.45) is 1.10. The van der Waals surface area contributed by atoms with Crippen LogP contribution in [0.5, 0.6) is 0 Å². The van der Waals surface area contributed by atoms with Gasteiger partial charge < -0.3 is 5.11 Å². The van der Waals surface area contributed by atoms with Crippen LogP contribution in [0.25, 0.3) is 0 Å². The molecule has 17 heavy (non-hydrogen) atoms. The molecule has 0 radical (unpaired) electrons. The number of halogens is 1. The molecule has 0 aliphatic heterocycles. The third-order valence-electron chi connectivity index (χ3n) is 3.35. The zero-order chi connectivity index (χ0) is 11.7. The van der Waals surface area contributed by atoms with Crippen molar-refractivity contribution in [3.05, 3.63) is 35.9 Å². The van der Waals surface area contributed by atoms with Gasteiger partial charge in [-0.15, -0.1) is 12.4 Å². The predicted octanol–water partition coefficient (Wildman–Crippen LogP) is 2.57. The molecule has 0 bridgehead atoms. The number of aliphatic carboxylic acids is 1. The Balaban J connectivity index is 0.00000144. The van der Waals surface area contributed by atoms with E-state index in [4.69, 9.17) is 0 Å². The fourth-order valence-electron chi connectivity index (χ4n) is 2.25. The SMILES string of the molecule is CC1CC1N(C)C(C(=O)O)c1ccccc1.Cl. The van der Waals surface area contributed by atoms with Crippen LogP contribution in [-0.4, -0.2) is 29.1 Å². The normalized spacial score (nSPS) is 23.9. The minimum absolute atomic E-state index is 0. The first kappa shape index (κ1) is 14.0. The summed E-state index contributed by atoms with van der Waals surface area (Å²) in [5, 5.41) is 9.32. The molecule has 1 aliphatic rings. The number of carboxylic acids is 1. The standard InChI is InChI=1S/C13H17NO2.ClH/c1-9-8-11(9)14(2)12(13(15)16)10-6-4-3-5-7-10;/h3-7,9,11-12H,8H2,1-2H3,(H,15,16);1H. The van der Waals surface area contributed by atoms with Crippen molar-refractivity contribution in [2.75, 3.05) is 7.05 Å². The van der Waals surface area contributed by atoms with Crippen LogP contribution >= 0.6 is 12.4 Å². The maximum atomic E-state index is 11.3. The van der Waals surface area contributed by atoms with E-state index in [1.807, 2.05) is 42.3 Å². The van der Waals surface area contributed by atoms with Gasteiger partial charge in [0.2, 0.25) is 0 Å². The summed E-state index contributed by atoms with van der Waals surface area (Å²) < 4.78 is 0. The topological polar surface area (TPSA) is 40.5 Å². The minimum atomic E-state index is -0.771. The first-order chi connectivity index (χ1) is 7.61. The van der Waals surface area contributed by atoms with Crippen molar-refractivity contribution in [1.29, 1.82) is 0 Å². The van der Waals surface area contributed by atoms with E-state index in [1.165, 1.54) is 0 Å². The van der Waals surface area contributed by atoms with E-state index in [0.717, 1.165) is 12.0 Å². The highest BCUT2D eigenvalue weighted by Gasteiger charge is 2.41. The van der Waals surface area contributed by atoms with E-state index in [2.05, 4.69) is 6.92 Å². The monoisotopic (exact) mass is 255 g/mol. The summed E-state index contributed by atoms with van der Waals surface area (Å²) in [6.45, 7) is 2.16. The smallest absolute Gasteiger partial charge is 0.325 e. The number of rotatable bonds is 4. The lowest BCUT2D eigenvalue weighted by Crippen LogP contribution is -2.33. The van der Waals surface area contributed by atoms with E-state index >= 15 is 0 Å². The van der Waals surface area contributed by atoms with Crippen LogP contribution in [-0.2, 0) is 4.79 Å². The molecule has 3 nitrogen and oxygen atoms in total. The molecular weight excluding hydrogens is 238 g/mol. The molecule has 3 atom stereocenters. The van der Waals surface area contributed by atoms with Gasteiger partial charge in [0.25, 0.3) is 0 Å². The van der Waals surface area contributed by atoms with Crippen molar-refractivity contribution in [2.45, 2.75) is 25.4 Å². The van der Waals surface area contributed by atoms with Gasteiger partial charge in [-0.3, -0.25) is 9.69 Å². The largest absolute Gasteiger partial charge is 0.480 e. The molecule has 1 aromatic rings. The van der Waals surface area contributed by atoms with E-state index in [0.29, 0.717) is 12.0 Å². The highest BCUT2D eigenvalue weighted by Crippen LogP contribution is 2.38. The first-order valence-electron chi connectivity index (χ1n) is 5.61. The Kier molecular flexibility index (Phi) is 4.54. The summed E-state index contributed by atoms with van der Waals surface area (Å²) >= 11 is 0. The zero-order valence-corrected chi connectivity index (χ0v) is 10.9.